The second-order valence-corrected chi connectivity index (χ2v) is 4.76. The van der Waals surface area contributed by atoms with Crippen LogP contribution in [0.25, 0.3) is 0 Å². The van der Waals surface area contributed by atoms with Gasteiger partial charge in [0.05, 0.1) is 5.69 Å². The summed E-state index contributed by atoms with van der Waals surface area (Å²) in [5.41, 5.74) is -0.0492. The zero-order valence-electron chi connectivity index (χ0n) is 7.71. The van der Waals surface area contributed by atoms with Crippen molar-refractivity contribution in [2.75, 3.05) is 6.26 Å². The van der Waals surface area contributed by atoms with Crippen LogP contribution in [0.15, 0.2) is 11.1 Å². The Kier molecular flexibility index (Phi) is 2.84. The standard InChI is InChI=1S/C8H9F2NO2S/c1-3-7-5(9)4-6(10)8(11-7)14(2,12)13/h4H,3H2,1-2H3. The van der Waals surface area contributed by atoms with Crippen molar-refractivity contribution in [3.63, 3.8) is 0 Å². The van der Waals surface area contributed by atoms with Gasteiger partial charge in [0.15, 0.2) is 20.7 Å². The van der Waals surface area contributed by atoms with Gasteiger partial charge in [-0.3, -0.25) is 0 Å². The number of nitrogens with zero attached hydrogens (tertiary/aromatic N) is 1. The first-order valence-electron chi connectivity index (χ1n) is 3.91. The maximum atomic E-state index is 13.0. The first-order chi connectivity index (χ1) is 6.36. The molecule has 0 aliphatic rings. The second-order valence-electron chi connectivity index (χ2n) is 2.83. The van der Waals surface area contributed by atoms with Gasteiger partial charge in [0.25, 0.3) is 0 Å². The minimum absolute atomic E-state index is 0.0492. The molecule has 0 N–H and O–H groups in total. The molecule has 0 amide bonds. The van der Waals surface area contributed by atoms with Crippen LogP contribution in [-0.2, 0) is 16.3 Å². The van der Waals surface area contributed by atoms with Crippen LogP contribution in [0.3, 0.4) is 0 Å². The fourth-order valence-electron chi connectivity index (χ4n) is 0.994. The molecule has 1 rings (SSSR count). The smallest absolute Gasteiger partial charge is 0.195 e. The summed E-state index contributed by atoms with van der Waals surface area (Å²) in [4.78, 5) is 3.42. The molecule has 0 fully saturated rings. The van der Waals surface area contributed by atoms with Crippen molar-refractivity contribution >= 4 is 9.84 Å². The lowest BCUT2D eigenvalue weighted by molar-refractivity contribution is 0.522. The number of halogens is 2. The van der Waals surface area contributed by atoms with E-state index in [0.29, 0.717) is 6.07 Å². The average Bonchev–Trinajstić information content (AvgIpc) is 2.02. The van der Waals surface area contributed by atoms with E-state index in [2.05, 4.69) is 4.98 Å². The molecular formula is C8H9F2NO2S. The van der Waals surface area contributed by atoms with Crippen molar-refractivity contribution in [2.24, 2.45) is 0 Å². The van der Waals surface area contributed by atoms with Gasteiger partial charge in [-0.25, -0.2) is 22.2 Å². The molecule has 78 valence electrons. The summed E-state index contributed by atoms with van der Waals surface area (Å²) >= 11 is 0. The summed E-state index contributed by atoms with van der Waals surface area (Å²) in [5, 5.41) is -0.698. The van der Waals surface area contributed by atoms with Crippen molar-refractivity contribution < 1.29 is 17.2 Å². The molecule has 0 saturated carbocycles. The molecule has 0 spiro atoms. The van der Waals surface area contributed by atoms with Crippen LogP contribution in [0.5, 0.6) is 0 Å². The Hall–Kier alpha value is -1.04. The molecule has 0 bridgehead atoms. The number of hydrogen-bond acceptors (Lipinski definition) is 3. The molecule has 0 unspecified atom stereocenters. The Morgan fingerprint density at radius 1 is 1.36 bits per heavy atom. The van der Waals surface area contributed by atoms with Gasteiger partial charge in [-0.15, -0.1) is 0 Å². The molecule has 0 aromatic carbocycles. The Bertz CT molecular complexity index is 457. The number of rotatable bonds is 2. The van der Waals surface area contributed by atoms with Crippen molar-refractivity contribution in [1.82, 2.24) is 4.98 Å². The number of aryl methyl sites for hydroxylation is 1. The summed E-state index contributed by atoms with van der Waals surface area (Å²) in [6.07, 6.45) is 1.05. The second kappa shape index (κ2) is 3.61. The predicted octanol–water partition coefficient (Wildman–Crippen LogP) is 1.33. The third-order valence-electron chi connectivity index (χ3n) is 1.66. The first kappa shape index (κ1) is 11.0. The maximum absolute atomic E-state index is 13.0. The fourth-order valence-corrected chi connectivity index (χ4v) is 1.68. The maximum Gasteiger partial charge on any atom is 0.195 e. The highest BCUT2D eigenvalue weighted by Crippen LogP contribution is 2.15. The summed E-state index contributed by atoms with van der Waals surface area (Å²) in [7, 11) is -3.74. The Morgan fingerprint density at radius 3 is 2.36 bits per heavy atom. The Labute approximate surface area is 80.7 Å². The van der Waals surface area contributed by atoms with E-state index >= 15 is 0 Å². The minimum Gasteiger partial charge on any atom is -0.236 e. The van der Waals surface area contributed by atoms with E-state index in [4.69, 9.17) is 0 Å². The van der Waals surface area contributed by atoms with Crippen LogP contribution in [0.4, 0.5) is 8.78 Å². The van der Waals surface area contributed by atoms with E-state index in [1.54, 1.807) is 6.92 Å². The van der Waals surface area contributed by atoms with Gasteiger partial charge in [0, 0.05) is 12.3 Å². The lowest BCUT2D eigenvalue weighted by Gasteiger charge is -2.03. The van der Waals surface area contributed by atoms with Gasteiger partial charge in [0.1, 0.15) is 5.82 Å². The molecule has 3 nitrogen and oxygen atoms in total. The fraction of sp³-hybridized carbons (Fsp3) is 0.375. The lowest BCUT2D eigenvalue weighted by atomic mass is 10.3. The summed E-state index contributed by atoms with van der Waals surface area (Å²) in [5.74, 6) is -1.97. The summed E-state index contributed by atoms with van der Waals surface area (Å²) in [6, 6.07) is 0.544. The van der Waals surface area contributed by atoms with Crippen molar-refractivity contribution in [2.45, 2.75) is 18.4 Å². The number of hydrogen-bond donors (Lipinski definition) is 0. The first-order valence-corrected chi connectivity index (χ1v) is 5.80. The topological polar surface area (TPSA) is 47.0 Å². The lowest BCUT2D eigenvalue weighted by Crippen LogP contribution is -2.08. The molecule has 0 saturated heterocycles. The minimum atomic E-state index is -3.74. The van der Waals surface area contributed by atoms with Gasteiger partial charge in [-0.05, 0) is 6.42 Å². The highest BCUT2D eigenvalue weighted by Gasteiger charge is 2.18. The molecule has 1 aromatic rings. The average molecular weight is 221 g/mol. The van der Waals surface area contributed by atoms with Crippen LogP contribution >= 0.6 is 0 Å². The monoisotopic (exact) mass is 221 g/mol. The predicted molar refractivity (Wildman–Crippen MR) is 46.6 cm³/mol. The highest BCUT2D eigenvalue weighted by molar-refractivity contribution is 7.90. The highest BCUT2D eigenvalue weighted by atomic mass is 32.2. The van der Waals surface area contributed by atoms with E-state index in [-0.39, 0.29) is 12.1 Å². The van der Waals surface area contributed by atoms with E-state index < -0.39 is 26.5 Å². The summed E-state index contributed by atoms with van der Waals surface area (Å²) < 4.78 is 47.9. The van der Waals surface area contributed by atoms with E-state index in [1.807, 2.05) is 0 Å². The molecule has 1 aromatic heterocycles. The normalized spacial score (nSPS) is 11.7. The zero-order chi connectivity index (χ0) is 10.9. The Balaban J connectivity index is 3.47. The molecule has 0 radical (unpaired) electrons. The van der Waals surface area contributed by atoms with Crippen LogP contribution in [0.1, 0.15) is 12.6 Å². The molecule has 0 aliphatic heterocycles. The van der Waals surface area contributed by atoms with Crippen molar-refractivity contribution in [1.29, 1.82) is 0 Å². The SMILES string of the molecule is CCc1nc(S(C)(=O)=O)c(F)cc1F. The molecule has 1 heterocycles. The van der Waals surface area contributed by atoms with Gasteiger partial charge in [-0.2, -0.15) is 0 Å². The van der Waals surface area contributed by atoms with Crippen molar-refractivity contribution in [3.8, 4) is 0 Å². The van der Waals surface area contributed by atoms with Gasteiger partial charge in [-0.1, -0.05) is 6.92 Å². The van der Waals surface area contributed by atoms with Crippen LogP contribution in [0, 0.1) is 11.6 Å². The zero-order valence-corrected chi connectivity index (χ0v) is 8.53. The molecule has 0 atom stereocenters. The quantitative estimate of drug-likeness (QED) is 0.756. The number of aromatic nitrogens is 1. The van der Waals surface area contributed by atoms with Crippen LogP contribution < -0.4 is 0 Å². The van der Waals surface area contributed by atoms with Gasteiger partial charge < -0.3 is 0 Å². The van der Waals surface area contributed by atoms with Gasteiger partial charge in [0.2, 0.25) is 0 Å². The molecule has 14 heavy (non-hydrogen) atoms. The number of pyridine rings is 1. The van der Waals surface area contributed by atoms with E-state index in [9.17, 15) is 17.2 Å². The third-order valence-corrected chi connectivity index (χ3v) is 2.64. The van der Waals surface area contributed by atoms with E-state index in [0.717, 1.165) is 6.26 Å². The number of sulfone groups is 1. The Morgan fingerprint density at radius 2 is 1.93 bits per heavy atom. The largest absolute Gasteiger partial charge is 0.236 e. The third kappa shape index (κ3) is 2.06. The van der Waals surface area contributed by atoms with E-state index in [1.165, 1.54) is 0 Å². The van der Waals surface area contributed by atoms with Crippen LogP contribution in [-0.4, -0.2) is 19.7 Å². The van der Waals surface area contributed by atoms with Crippen LogP contribution in [0.2, 0.25) is 0 Å². The molecule has 6 heteroatoms. The summed E-state index contributed by atoms with van der Waals surface area (Å²) in [6.45, 7) is 1.61. The van der Waals surface area contributed by atoms with Gasteiger partial charge >= 0.3 is 0 Å². The molecule has 0 aliphatic carbocycles. The molecular weight excluding hydrogens is 212 g/mol. The van der Waals surface area contributed by atoms with Crippen molar-refractivity contribution in [3.05, 3.63) is 23.4 Å².